The van der Waals surface area contributed by atoms with Crippen molar-refractivity contribution in [3.8, 4) is 0 Å². The molecule has 2 fully saturated rings. The van der Waals surface area contributed by atoms with E-state index < -0.39 is 0 Å². The Bertz CT molecular complexity index is 440. The van der Waals surface area contributed by atoms with Gasteiger partial charge in [-0.3, -0.25) is 4.79 Å². The summed E-state index contributed by atoms with van der Waals surface area (Å²) in [6, 6.07) is 7.76. The minimum absolute atomic E-state index is 0.0219. The second kappa shape index (κ2) is 5.51. The Balaban J connectivity index is 1.46. The molecule has 2 N–H and O–H groups in total. The quantitative estimate of drug-likeness (QED) is 0.840. The molecule has 0 aromatic heterocycles. The van der Waals surface area contributed by atoms with Crippen molar-refractivity contribution in [1.29, 1.82) is 0 Å². The molecule has 0 aliphatic heterocycles. The van der Waals surface area contributed by atoms with Gasteiger partial charge in [-0.15, -0.1) is 0 Å². The third-order valence-electron chi connectivity index (χ3n) is 3.89. The summed E-state index contributed by atoms with van der Waals surface area (Å²) in [7, 11) is 0. The molecule has 0 saturated heterocycles. The summed E-state index contributed by atoms with van der Waals surface area (Å²) in [5, 5.41) is 7.00. The Morgan fingerprint density at radius 3 is 2.26 bits per heavy atom. The van der Waals surface area contributed by atoms with Crippen molar-refractivity contribution in [2.24, 2.45) is 11.8 Å². The summed E-state index contributed by atoms with van der Waals surface area (Å²) in [6.45, 7) is 0.403. The van der Waals surface area contributed by atoms with E-state index in [1.165, 1.54) is 25.7 Å². The number of nitrogens with one attached hydrogen (secondary N) is 2. The van der Waals surface area contributed by atoms with Gasteiger partial charge in [0.1, 0.15) is 0 Å². The number of rotatable bonds is 6. The van der Waals surface area contributed by atoms with Crippen LogP contribution >= 0.6 is 11.6 Å². The molecule has 102 valence electrons. The molecule has 1 amide bonds. The molecule has 2 aliphatic carbocycles. The highest BCUT2D eigenvalue weighted by atomic mass is 35.5. The molecule has 2 saturated carbocycles. The van der Waals surface area contributed by atoms with Crippen LogP contribution in [0.25, 0.3) is 0 Å². The molecule has 0 radical (unpaired) electrons. The second-order valence-corrected chi connectivity index (χ2v) is 6.07. The second-order valence-electron chi connectivity index (χ2n) is 5.64. The van der Waals surface area contributed by atoms with Gasteiger partial charge in [-0.1, -0.05) is 11.6 Å². The number of amides is 1. The molecule has 0 atom stereocenters. The maximum absolute atomic E-state index is 11.9. The number of halogens is 1. The van der Waals surface area contributed by atoms with Crippen LogP contribution in [0, 0.1) is 11.8 Å². The predicted molar refractivity (Wildman–Crippen MR) is 77.3 cm³/mol. The highest BCUT2D eigenvalue weighted by Crippen LogP contribution is 2.44. The summed E-state index contributed by atoms with van der Waals surface area (Å²) in [5.41, 5.74) is 0.797. The average Bonchev–Trinajstić information content (AvgIpc) is 3.26. The summed E-state index contributed by atoms with van der Waals surface area (Å²) in [6.07, 6.45) is 5.31. The monoisotopic (exact) mass is 278 g/mol. The van der Waals surface area contributed by atoms with Crippen LogP contribution in [0.3, 0.4) is 0 Å². The van der Waals surface area contributed by atoms with Gasteiger partial charge < -0.3 is 10.6 Å². The van der Waals surface area contributed by atoms with Gasteiger partial charge in [0.25, 0.3) is 0 Å². The maximum Gasteiger partial charge on any atom is 0.238 e. The summed E-state index contributed by atoms with van der Waals surface area (Å²) in [4.78, 5) is 11.9. The van der Waals surface area contributed by atoms with Crippen LogP contribution in [0.15, 0.2) is 24.3 Å². The Morgan fingerprint density at radius 2 is 1.74 bits per heavy atom. The topological polar surface area (TPSA) is 41.1 Å². The average molecular weight is 279 g/mol. The van der Waals surface area contributed by atoms with Crippen LogP contribution in [-0.4, -0.2) is 18.5 Å². The Labute approximate surface area is 118 Å². The van der Waals surface area contributed by atoms with Gasteiger partial charge >= 0.3 is 0 Å². The van der Waals surface area contributed by atoms with Crippen molar-refractivity contribution >= 4 is 23.2 Å². The van der Waals surface area contributed by atoms with Crippen LogP contribution in [0.1, 0.15) is 25.7 Å². The van der Waals surface area contributed by atoms with Crippen molar-refractivity contribution in [1.82, 2.24) is 5.32 Å². The van der Waals surface area contributed by atoms with E-state index in [2.05, 4.69) is 10.6 Å². The SMILES string of the molecule is O=C(CNC(C1CC1)C1CC1)Nc1ccc(Cl)cc1. The normalized spacial score (nSPS) is 18.6. The minimum atomic E-state index is 0.0219. The van der Waals surface area contributed by atoms with Crippen molar-refractivity contribution < 1.29 is 4.79 Å². The van der Waals surface area contributed by atoms with Crippen LogP contribution in [-0.2, 0) is 4.79 Å². The van der Waals surface area contributed by atoms with Gasteiger partial charge in [0.05, 0.1) is 6.54 Å². The summed E-state index contributed by atoms with van der Waals surface area (Å²) >= 11 is 5.81. The van der Waals surface area contributed by atoms with E-state index in [9.17, 15) is 4.79 Å². The molecule has 0 unspecified atom stereocenters. The lowest BCUT2D eigenvalue weighted by Crippen LogP contribution is -2.38. The van der Waals surface area contributed by atoms with Crippen molar-refractivity contribution in [3.05, 3.63) is 29.3 Å². The predicted octanol–water partition coefficient (Wildman–Crippen LogP) is 3.06. The van der Waals surface area contributed by atoms with E-state index in [0.717, 1.165) is 17.5 Å². The van der Waals surface area contributed by atoms with E-state index in [-0.39, 0.29) is 5.91 Å². The van der Waals surface area contributed by atoms with E-state index in [4.69, 9.17) is 11.6 Å². The number of hydrogen-bond acceptors (Lipinski definition) is 2. The Kier molecular flexibility index (Phi) is 3.76. The highest BCUT2D eigenvalue weighted by molar-refractivity contribution is 6.30. The molecule has 3 rings (SSSR count). The van der Waals surface area contributed by atoms with Crippen LogP contribution < -0.4 is 10.6 Å². The summed E-state index contributed by atoms with van der Waals surface area (Å²) < 4.78 is 0. The van der Waals surface area contributed by atoms with Gasteiger partial charge in [0.15, 0.2) is 0 Å². The van der Waals surface area contributed by atoms with E-state index in [0.29, 0.717) is 17.6 Å². The molecule has 2 aliphatic rings. The van der Waals surface area contributed by atoms with Crippen LogP contribution in [0.2, 0.25) is 5.02 Å². The molecule has 0 spiro atoms. The molecule has 1 aromatic rings. The highest BCUT2D eigenvalue weighted by Gasteiger charge is 2.41. The van der Waals surface area contributed by atoms with E-state index in [1.807, 2.05) is 12.1 Å². The van der Waals surface area contributed by atoms with E-state index in [1.54, 1.807) is 12.1 Å². The van der Waals surface area contributed by atoms with Crippen LogP contribution in [0.4, 0.5) is 5.69 Å². The zero-order valence-corrected chi connectivity index (χ0v) is 11.6. The van der Waals surface area contributed by atoms with Gasteiger partial charge in [-0.25, -0.2) is 0 Å². The minimum Gasteiger partial charge on any atom is -0.325 e. The lowest BCUT2D eigenvalue weighted by molar-refractivity contribution is -0.115. The van der Waals surface area contributed by atoms with Gasteiger partial charge in [-0.2, -0.15) is 0 Å². The zero-order valence-electron chi connectivity index (χ0n) is 10.9. The molecule has 1 aromatic carbocycles. The van der Waals surface area contributed by atoms with Gasteiger partial charge in [0, 0.05) is 16.8 Å². The van der Waals surface area contributed by atoms with Crippen molar-refractivity contribution in [2.75, 3.05) is 11.9 Å². The first-order valence-electron chi connectivity index (χ1n) is 7.01. The van der Waals surface area contributed by atoms with Crippen molar-refractivity contribution in [3.63, 3.8) is 0 Å². The fraction of sp³-hybridized carbons (Fsp3) is 0.533. The first kappa shape index (κ1) is 12.9. The van der Waals surface area contributed by atoms with Crippen LogP contribution in [0.5, 0.6) is 0 Å². The molecule has 19 heavy (non-hydrogen) atoms. The molecule has 3 nitrogen and oxygen atoms in total. The molecular weight excluding hydrogens is 260 g/mol. The number of carbonyl (C=O) groups excluding carboxylic acids is 1. The lowest BCUT2D eigenvalue weighted by Gasteiger charge is -2.17. The van der Waals surface area contributed by atoms with Crippen molar-refractivity contribution in [2.45, 2.75) is 31.7 Å². The maximum atomic E-state index is 11.9. The fourth-order valence-electron chi connectivity index (χ4n) is 2.58. The number of hydrogen-bond donors (Lipinski definition) is 2. The molecule has 0 heterocycles. The fourth-order valence-corrected chi connectivity index (χ4v) is 2.70. The third kappa shape index (κ3) is 3.71. The number of anilines is 1. The standard InChI is InChI=1S/C15H19ClN2O/c16-12-5-7-13(8-6-12)18-14(19)9-17-15(10-1-2-10)11-3-4-11/h5-8,10-11,15,17H,1-4,9H2,(H,18,19). The molecule has 4 heteroatoms. The molecule has 0 bridgehead atoms. The largest absolute Gasteiger partial charge is 0.325 e. The first-order valence-corrected chi connectivity index (χ1v) is 7.39. The lowest BCUT2D eigenvalue weighted by atomic mass is 10.1. The number of benzene rings is 1. The zero-order chi connectivity index (χ0) is 13.2. The Morgan fingerprint density at radius 1 is 1.16 bits per heavy atom. The van der Waals surface area contributed by atoms with E-state index >= 15 is 0 Å². The third-order valence-corrected chi connectivity index (χ3v) is 4.14. The molecular formula is C15H19ClN2O. The summed E-state index contributed by atoms with van der Waals surface area (Å²) in [5.74, 6) is 1.65. The van der Waals surface area contributed by atoms with Gasteiger partial charge in [-0.05, 0) is 61.8 Å². The van der Waals surface area contributed by atoms with Gasteiger partial charge in [0.2, 0.25) is 5.91 Å². The smallest absolute Gasteiger partial charge is 0.238 e. The Hall–Kier alpha value is -1.06. The number of carbonyl (C=O) groups is 1. The first-order chi connectivity index (χ1) is 9.22.